The molecule has 1 aromatic rings. The minimum absolute atomic E-state index is 0.0825. The molecule has 0 N–H and O–H groups in total. The molecule has 0 unspecified atom stereocenters. The summed E-state index contributed by atoms with van der Waals surface area (Å²) in [7, 11) is -5.66. The molecule has 30 heavy (non-hydrogen) atoms. The van der Waals surface area contributed by atoms with Gasteiger partial charge in [0, 0.05) is 24.4 Å². The standard InChI is InChI=1S/C23H32O5SSi/c1-22(2,3)30(4,5)27-15-16-10-9-13-18(16)20-19-14-23(19,21(24)28-20)29(25,26)17-11-7-6-8-12-17/h6-12,16,18-20H,13-15H2,1-5H3/t16-,18+,19-,20+,23+/m0/s1. The molecule has 0 amide bonds. The number of hydrogen-bond donors (Lipinski definition) is 0. The molecule has 1 saturated heterocycles. The van der Waals surface area contributed by atoms with Crippen LogP contribution in [0.3, 0.4) is 0 Å². The molecule has 7 heteroatoms. The van der Waals surface area contributed by atoms with Gasteiger partial charge in [0.2, 0.25) is 0 Å². The van der Waals surface area contributed by atoms with E-state index in [1.165, 1.54) is 0 Å². The molecule has 3 aliphatic rings. The molecule has 0 bridgehead atoms. The summed E-state index contributed by atoms with van der Waals surface area (Å²) in [6, 6.07) is 8.27. The smallest absolute Gasteiger partial charge is 0.328 e. The molecule has 1 aromatic carbocycles. The first kappa shape index (κ1) is 21.8. The van der Waals surface area contributed by atoms with Crippen LogP contribution in [0.15, 0.2) is 47.4 Å². The Kier molecular flexibility index (Phi) is 5.11. The maximum Gasteiger partial charge on any atom is 0.328 e. The topological polar surface area (TPSA) is 69.7 Å². The second-order valence-corrected chi connectivity index (χ2v) is 17.5. The summed E-state index contributed by atoms with van der Waals surface area (Å²) in [4.78, 5) is 13.0. The fourth-order valence-electron chi connectivity index (χ4n) is 4.61. The summed E-state index contributed by atoms with van der Waals surface area (Å²) in [5, 5.41) is 0.125. The predicted octanol–water partition coefficient (Wildman–Crippen LogP) is 4.36. The lowest BCUT2D eigenvalue weighted by atomic mass is 9.88. The number of fused-ring (bicyclic) bond motifs is 1. The van der Waals surface area contributed by atoms with Gasteiger partial charge in [-0.05, 0) is 43.1 Å². The zero-order valence-electron chi connectivity index (χ0n) is 18.4. The normalized spacial score (nSPS) is 33.4. The van der Waals surface area contributed by atoms with Crippen molar-refractivity contribution >= 4 is 24.1 Å². The number of benzene rings is 1. The summed E-state index contributed by atoms with van der Waals surface area (Å²) in [6.07, 6.45) is 5.06. The van der Waals surface area contributed by atoms with Crippen LogP contribution >= 0.6 is 0 Å². The van der Waals surface area contributed by atoms with Crippen LogP contribution in [0.1, 0.15) is 33.6 Å². The highest BCUT2D eigenvalue weighted by atomic mass is 32.2. The van der Waals surface area contributed by atoms with Crippen molar-refractivity contribution in [3.05, 3.63) is 42.5 Å². The number of ether oxygens (including phenoxy) is 1. The molecule has 2 aliphatic carbocycles. The number of rotatable bonds is 6. The van der Waals surface area contributed by atoms with Crippen molar-refractivity contribution in [1.82, 2.24) is 0 Å². The summed E-state index contributed by atoms with van der Waals surface area (Å²) in [6.45, 7) is 11.7. The molecule has 5 atom stereocenters. The van der Waals surface area contributed by atoms with Crippen LogP contribution in [-0.2, 0) is 23.8 Å². The fourth-order valence-corrected chi connectivity index (χ4v) is 7.79. The fraction of sp³-hybridized carbons (Fsp3) is 0.609. The number of hydrogen-bond acceptors (Lipinski definition) is 5. The van der Waals surface area contributed by atoms with Crippen molar-refractivity contribution in [1.29, 1.82) is 0 Å². The maximum atomic E-state index is 13.3. The molecule has 164 valence electrons. The highest BCUT2D eigenvalue weighted by Gasteiger charge is 2.78. The molecule has 5 nitrogen and oxygen atoms in total. The Hall–Kier alpha value is -1.44. The van der Waals surface area contributed by atoms with Gasteiger partial charge in [-0.1, -0.05) is 51.1 Å². The minimum atomic E-state index is -3.77. The van der Waals surface area contributed by atoms with E-state index < -0.39 is 28.9 Å². The first-order valence-corrected chi connectivity index (χ1v) is 15.1. The summed E-state index contributed by atoms with van der Waals surface area (Å²) in [5.74, 6) is -0.611. The number of esters is 1. The summed E-state index contributed by atoms with van der Waals surface area (Å²) < 4.78 is 37.3. The highest BCUT2D eigenvalue weighted by Crippen LogP contribution is 2.62. The number of cyclic esters (lactones) is 1. The number of carbonyl (C=O) groups is 1. The molecule has 4 rings (SSSR count). The van der Waals surface area contributed by atoms with Gasteiger partial charge in [-0.2, -0.15) is 0 Å². The van der Waals surface area contributed by atoms with Gasteiger partial charge in [-0.15, -0.1) is 0 Å². The van der Waals surface area contributed by atoms with Crippen molar-refractivity contribution in [3.63, 3.8) is 0 Å². The monoisotopic (exact) mass is 448 g/mol. The van der Waals surface area contributed by atoms with Crippen LogP contribution in [0.4, 0.5) is 0 Å². The molecule has 1 aliphatic heterocycles. The zero-order valence-corrected chi connectivity index (χ0v) is 20.2. The number of carbonyl (C=O) groups excluding carboxylic acids is 1. The third-order valence-corrected chi connectivity index (χ3v) is 14.7. The molecular weight excluding hydrogens is 416 g/mol. The van der Waals surface area contributed by atoms with E-state index in [-0.39, 0.29) is 33.8 Å². The molecule has 0 spiro atoms. The SMILES string of the molecule is CC(C)(C)[Si](C)(C)OC[C@@H]1C=CC[C@H]1[C@H]1OC(=O)[C@@]2(S(=O)(=O)c3ccccc3)C[C@@H]12. The Morgan fingerprint density at radius 1 is 1.20 bits per heavy atom. The number of allylic oxidation sites excluding steroid dienone is 1. The van der Waals surface area contributed by atoms with E-state index in [0.717, 1.165) is 6.42 Å². The van der Waals surface area contributed by atoms with Crippen molar-refractivity contribution in [2.45, 2.75) is 67.5 Å². The lowest BCUT2D eigenvalue weighted by Crippen LogP contribution is -2.43. The average Bonchev–Trinajstić information content (AvgIpc) is 3.16. The maximum absolute atomic E-state index is 13.3. The van der Waals surface area contributed by atoms with Crippen LogP contribution in [0.2, 0.25) is 18.1 Å². The van der Waals surface area contributed by atoms with Gasteiger partial charge < -0.3 is 9.16 Å². The molecule has 2 fully saturated rings. The van der Waals surface area contributed by atoms with Crippen molar-refractivity contribution in [3.8, 4) is 0 Å². The molecular formula is C23H32O5SSi. The number of sulfone groups is 1. The van der Waals surface area contributed by atoms with Crippen LogP contribution in [0.5, 0.6) is 0 Å². The van der Waals surface area contributed by atoms with Crippen LogP contribution < -0.4 is 0 Å². The largest absolute Gasteiger partial charge is 0.460 e. The Morgan fingerprint density at radius 3 is 2.47 bits per heavy atom. The summed E-state index contributed by atoms with van der Waals surface area (Å²) in [5.41, 5.74) is 0. The van der Waals surface area contributed by atoms with E-state index in [2.05, 4.69) is 46.0 Å². The Bertz CT molecular complexity index is 963. The third-order valence-electron chi connectivity index (χ3n) is 7.69. The highest BCUT2D eigenvalue weighted by molar-refractivity contribution is 7.94. The van der Waals surface area contributed by atoms with Crippen LogP contribution in [0.25, 0.3) is 0 Å². The van der Waals surface area contributed by atoms with E-state index in [1.54, 1.807) is 30.3 Å². The zero-order chi connectivity index (χ0) is 21.9. The molecule has 1 saturated carbocycles. The molecule has 0 radical (unpaired) electrons. The van der Waals surface area contributed by atoms with Gasteiger partial charge in [-0.3, -0.25) is 4.79 Å². The van der Waals surface area contributed by atoms with Gasteiger partial charge in [0.15, 0.2) is 22.9 Å². The predicted molar refractivity (Wildman–Crippen MR) is 118 cm³/mol. The van der Waals surface area contributed by atoms with Crippen molar-refractivity contribution in [2.24, 2.45) is 17.8 Å². The second-order valence-electron chi connectivity index (χ2n) is 10.4. The lowest BCUT2D eigenvalue weighted by molar-refractivity contribution is -0.147. The summed E-state index contributed by atoms with van der Waals surface area (Å²) >= 11 is 0. The van der Waals surface area contributed by atoms with Gasteiger partial charge in [0.25, 0.3) is 0 Å². The van der Waals surface area contributed by atoms with E-state index >= 15 is 0 Å². The van der Waals surface area contributed by atoms with Crippen LogP contribution in [0, 0.1) is 17.8 Å². The van der Waals surface area contributed by atoms with E-state index in [1.807, 2.05) is 0 Å². The quantitative estimate of drug-likeness (QED) is 0.367. The minimum Gasteiger partial charge on any atom is -0.460 e. The first-order valence-electron chi connectivity index (χ1n) is 10.7. The van der Waals surface area contributed by atoms with Crippen molar-refractivity contribution < 1.29 is 22.4 Å². The third kappa shape index (κ3) is 3.21. The Labute approximate surface area is 180 Å². The van der Waals surface area contributed by atoms with E-state index in [9.17, 15) is 13.2 Å². The van der Waals surface area contributed by atoms with E-state index in [4.69, 9.17) is 9.16 Å². The molecule has 1 heterocycles. The van der Waals surface area contributed by atoms with Crippen LogP contribution in [-0.4, -0.2) is 40.2 Å². The van der Waals surface area contributed by atoms with Crippen molar-refractivity contribution in [2.75, 3.05) is 6.61 Å². The second kappa shape index (κ2) is 7.04. The lowest BCUT2D eigenvalue weighted by Gasteiger charge is -2.38. The van der Waals surface area contributed by atoms with Gasteiger partial charge >= 0.3 is 5.97 Å². The molecule has 0 aromatic heterocycles. The average molecular weight is 449 g/mol. The van der Waals surface area contributed by atoms with E-state index in [0.29, 0.717) is 13.0 Å². The van der Waals surface area contributed by atoms with Gasteiger partial charge in [0.1, 0.15) is 6.10 Å². The van der Waals surface area contributed by atoms with Gasteiger partial charge in [0.05, 0.1) is 4.90 Å². The Morgan fingerprint density at radius 2 is 1.87 bits per heavy atom. The van der Waals surface area contributed by atoms with Gasteiger partial charge in [-0.25, -0.2) is 8.42 Å². The Balaban J connectivity index is 1.51. The first-order chi connectivity index (χ1) is 13.9.